The summed E-state index contributed by atoms with van der Waals surface area (Å²) in [5.41, 5.74) is 0.689. The molecule has 6 nitrogen and oxygen atoms in total. The number of hydrogen-bond acceptors (Lipinski definition) is 5. The molecule has 1 atom stereocenters. The molecule has 0 unspecified atom stereocenters. The van der Waals surface area contributed by atoms with E-state index in [1.165, 1.54) is 7.11 Å². The molecule has 1 N–H and O–H groups in total. The average Bonchev–Trinajstić information content (AvgIpc) is 3.18. The van der Waals surface area contributed by atoms with E-state index in [0.717, 1.165) is 31.7 Å². The Balaban J connectivity index is 1.52. The van der Waals surface area contributed by atoms with Gasteiger partial charge in [-0.15, -0.1) is 0 Å². The normalized spacial score (nSPS) is 16.8. The van der Waals surface area contributed by atoms with Crippen molar-refractivity contribution in [1.82, 2.24) is 10.2 Å². The lowest BCUT2D eigenvalue weighted by molar-refractivity contribution is 0.0557. The van der Waals surface area contributed by atoms with E-state index in [1.54, 1.807) is 6.07 Å². The zero-order chi connectivity index (χ0) is 18.5. The minimum Gasteiger partial charge on any atom is -0.463 e. The van der Waals surface area contributed by atoms with Crippen LogP contribution < -0.4 is 5.32 Å². The number of furan rings is 1. The Morgan fingerprint density at radius 2 is 1.85 bits per heavy atom. The zero-order valence-electron chi connectivity index (χ0n) is 15.1. The molecular weight excluding hydrogens is 332 g/mol. The van der Waals surface area contributed by atoms with E-state index < -0.39 is 5.97 Å². The second kappa shape index (κ2) is 8.19. The Morgan fingerprint density at radius 3 is 2.50 bits per heavy atom. The highest BCUT2D eigenvalue weighted by atomic mass is 16.5. The Labute approximate surface area is 153 Å². The van der Waals surface area contributed by atoms with Crippen LogP contribution >= 0.6 is 0 Å². The van der Waals surface area contributed by atoms with Crippen LogP contribution in [0.5, 0.6) is 0 Å². The number of likely N-dealkylation sites (tertiary alicyclic amines) is 1. The highest BCUT2D eigenvalue weighted by molar-refractivity contribution is 5.94. The van der Waals surface area contributed by atoms with Gasteiger partial charge in [-0.05, 0) is 44.0 Å². The molecule has 0 saturated carbocycles. The molecule has 1 amide bonds. The monoisotopic (exact) mass is 356 g/mol. The predicted molar refractivity (Wildman–Crippen MR) is 97.0 cm³/mol. The van der Waals surface area contributed by atoms with Gasteiger partial charge in [0, 0.05) is 24.7 Å². The third-order valence-electron chi connectivity index (χ3n) is 4.87. The van der Waals surface area contributed by atoms with Gasteiger partial charge in [-0.25, -0.2) is 4.79 Å². The van der Waals surface area contributed by atoms with Gasteiger partial charge in [0.1, 0.15) is 5.76 Å². The van der Waals surface area contributed by atoms with E-state index in [9.17, 15) is 9.59 Å². The van der Waals surface area contributed by atoms with Crippen LogP contribution in [0, 0.1) is 0 Å². The highest BCUT2D eigenvalue weighted by Gasteiger charge is 2.26. The van der Waals surface area contributed by atoms with Gasteiger partial charge in [-0.1, -0.05) is 18.2 Å². The number of benzene rings is 1. The fraction of sp³-hybridized carbons (Fsp3) is 0.400. The fourth-order valence-corrected chi connectivity index (χ4v) is 3.26. The molecule has 1 aromatic heterocycles. The van der Waals surface area contributed by atoms with Gasteiger partial charge in [-0.2, -0.15) is 0 Å². The second-order valence-corrected chi connectivity index (χ2v) is 6.52. The molecule has 1 saturated heterocycles. The van der Waals surface area contributed by atoms with E-state index in [2.05, 4.69) is 21.9 Å². The maximum Gasteiger partial charge on any atom is 0.373 e. The lowest BCUT2D eigenvalue weighted by Gasteiger charge is -2.35. The van der Waals surface area contributed by atoms with Gasteiger partial charge in [0.2, 0.25) is 5.76 Å². The van der Waals surface area contributed by atoms with Crippen LogP contribution in [0.1, 0.15) is 52.5 Å². The number of carbonyl (C=O) groups is 2. The number of hydrogen-bond donors (Lipinski definition) is 1. The number of amides is 1. The fourth-order valence-electron chi connectivity index (χ4n) is 3.26. The van der Waals surface area contributed by atoms with Gasteiger partial charge in [0.15, 0.2) is 0 Å². The number of ether oxygens (including phenoxy) is 1. The minimum atomic E-state index is -0.467. The van der Waals surface area contributed by atoms with Crippen molar-refractivity contribution in [3.8, 4) is 0 Å². The van der Waals surface area contributed by atoms with Gasteiger partial charge in [0.25, 0.3) is 5.91 Å². The Bertz CT molecular complexity index is 748. The first kappa shape index (κ1) is 18.2. The minimum absolute atomic E-state index is 0.0224. The van der Waals surface area contributed by atoms with E-state index in [1.807, 2.05) is 36.4 Å². The third-order valence-corrected chi connectivity index (χ3v) is 4.87. The molecule has 138 valence electrons. The number of piperidine rings is 1. The highest BCUT2D eigenvalue weighted by Crippen LogP contribution is 2.26. The molecule has 3 rings (SSSR count). The molecule has 0 radical (unpaired) electrons. The van der Waals surface area contributed by atoms with Crippen LogP contribution in [-0.4, -0.2) is 43.0 Å². The summed E-state index contributed by atoms with van der Waals surface area (Å²) in [5, 5.41) is 3.11. The van der Waals surface area contributed by atoms with Gasteiger partial charge in [0.05, 0.1) is 13.2 Å². The van der Waals surface area contributed by atoms with Gasteiger partial charge < -0.3 is 14.5 Å². The molecule has 6 heteroatoms. The van der Waals surface area contributed by atoms with Crippen molar-refractivity contribution >= 4 is 11.9 Å². The van der Waals surface area contributed by atoms with E-state index in [0.29, 0.717) is 5.56 Å². The van der Waals surface area contributed by atoms with Crippen LogP contribution in [0.2, 0.25) is 0 Å². The van der Waals surface area contributed by atoms with Crippen molar-refractivity contribution in [2.24, 2.45) is 0 Å². The van der Waals surface area contributed by atoms with Crippen molar-refractivity contribution in [3.05, 3.63) is 59.5 Å². The summed E-state index contributed by atoms with van der Waals surface area (Å²) in [7, 11) is 1.34. The lowest BCUT2D eigenvalue weighted by Crippen LogP contribution is -2.45. The first-order valence-corrected chi connectivity index (χ1v) is 8.86. The van der Waals surface area contributed by atoms with Gasteiger partial charge in [-0.3, -0.25) is 9.69 Å². The van der Waals surface area contributed by atoms with Crippen molar-refractivity contribution < 1.29 is 18.7 Å². The smallest absolute Gasteiger partial charge is 0.373 e. The Kier molecular flexibility index (Phi) is 5.73. The average molecular weight is 356 g/mol. The quantitative estimate of drug-likeness (QED) is 0.834. The summed E-state index contributed by atoms with van der Waals surface area (Å²) in [6.45, 7) is 3.77. The van der Waals surface area contributed by atoms with Crippen molar-refractivity contribution in [1.29, 1.82) is 0 Å². The van der Waals surface area contributed by atoms with Crippen LogP contribution in [0.4, 0.5) is 0 Å². The molecular formula is C20H24N2O4. The standard InChI is InChI=1S/C20H24N2O4/c1-14(17-8-9-18(26-17)20(24)25-2)22-12-10-16(11-13-22)21-19(23)15-6-4-3-5-7-15/h3-9,14,16H,10-13H2,1-2H3,(H,21,23)/t14-/m1/s1. The Hall–Kier alpha value is -2.60. The first-order chi connectivity index (χ1) is 12.6. The van der Waals surface area contributed by atoms with Crippen LogP contribution in [0.15, 0.2) is 46.9 Å². The molecule has 1 aliphatic heterocycles. The van der Waals surface area contributed by atoms with E-state index in [-0.39, 0.29) is 23.8 Å². The third kappa shape index (κ3) is 4.14. The molecule has 2 heterocycles. The molecule has 0 spiro atoms. The van der Waals surface area contributed by atoms with Crippen molar-refractivity contribution in [2.75, 3.05) is 20.2 Å². The maximum absolute atomic E-state index is 12.3. The number of nitrogens with zero attached hydrogens (tertiary/aromatic N) is 1. The summed E-state index contributed by atoms with van der Waals surface area (Å²) >= 11 is 0. The predicted octanol–water partition coefficient (Wildman–Crippen LogP) is 3.02. The van der Waals surface area contributed by atoms with Crippen LogP contribution in [0.3, 0.4) is 0 Å². The second-order valence-electron chi connectivity index (χ2n) is 6.52. The zero-order valence-corrected chi connectivity index (χ0v) is 15.1. The largest absolute Gasteiger partial charge is 0.463 e. The number of carbonyl (C=O) groups excluding carboxylic acids is 2. The molecule has 0 bridgehead atoms. The topological polar surface area (TPSA) is 71.8 Å². The number of esters is 1. The van der Waals surface area contributed by atoms with Gasteiger partial charge >= 0.3 is 5.97 Å². The summed E-state index contributed by atoms with van der Waals surface area (Å²) in [5.74, 6) is 0.480. The summed E-state index contributed by atoms with van der Waals surface area (Å²) in [4.78, 5) is 26.1. The van der Waals surface area contributed by atoms with Crippen LogP contribution in [0.25, 0.3) is 0 Å². The van der Waals surface area contributed by atoms with E-state index >= 15 is 0 Å². The number of methoxy groups -OCH3 is 1. The molecule has 1 fully saturated rings. The number of nitrogens with one attached hydrogen (secondary N) is 1. The molecule has 0 aliphatic carbocycles. The van der Waals surface area contributed by atoms with E-state index in [4.69, 9.17) is 4.42 Å². The molecule has 1 aromatic carbocycles. The van der Waals surface area contributed by atoms with Crippen molar-refractivity contribution in [2.45, 2.75) is 31.8 Å². The lowest BCUT2D eigenvalue weighted by atomic mass is 10.0. The first-order valence-electron chi connectivity index (χ1n) is 8.86. The molecule has 1 aliphatic rings. The summed E-state index contributed by atoms with van der Waals surface area (Å²) in [6.07, 6.45) is 1.76. The number of rotatable bonds is 5. The maximum atomic E-state index is 12.3. The molecule has 26 heavy (non-hydrogen) atoms. The summed E-state index contributed by atoms with van der Waals surface area (Å²) < 4.78 is 10.3. The molecule has 2 aromatic rings. The SMILES string of the molecule is COC(=O)c1ccc([C@@H](C)N2CCC(NC(=O)c3ccccc3)CC2)o1. The summed E-state index contributed by atoms with van der Waals surface area (Å²) in [6, 6.07) is 13.0. The van der Waals surface area contributed by atoms with Crippen molar-refractivity contribution in [3.63, 3.8) is 0 Å². The van der Waals surface area contributed by atoms with Crippen LogP contribution in [-0.2, 0) is 4.74 Å². The Morgan fingerprint density at radius 1 is 1.15 bits per heavy atom.